The molecule has 1 rings (SSSR count). The van der Waals surface area contributed by atoms with Crippen LogP contribution in [0.4, 0.5) is 0 Å². The molecule has 0 amide bonds. The van der Waals surface area contributed by atoms with Gasteiger partial charge in [-0.05, 0) is 38.1 Å². The first kappa shape index (κ1) is 15.6. The van der Waals surface area contributed by atoms with Crippen molar-refractivity contribution in [3.63, 3.8) is 0 Å². The molecule has 0 aliphatic heterocycles. The van der Waals surface area contributed by atoms with E-state index in [4.69, 9.17) is 10.8 Å². The van der Waals surface area contributed by atoms with Crippen LogP contribution in [0.1, 0.15) is 44.5 Å². The number of aliphatic hydroxyl groups excluding tert-OH is 1. The Morgan fingerprint density at radius 1 is 1.44 bits per heavy atom. The molecule has 3 nitrogen and oxygen atoms in total. The van der Waals surface area contributed by atoms with Gasteiger partial charge >= 0.3 is 0 Å². The average molecular weight is 270 g/mol. The lowest BCUT2D eigenvalue weighted by Crippen LogP contribution is -2.44. The van der Waals surface area contributed by atoms with E-state index in [1.54, 1.807) is 11.3 Å². The SMILES string of the molecule is CCC(N)C(c1cccs1)N(CCCO)C(C)C. The Morgan fingerprint density at radius 3 is 2.61 bits per heavy atom. The van der Waals surface area contributed by atoms with Crippen LogP contribution in [0.2, 0.25) is 0 Å². The van der Waals surface area contributed by atoms with Gasteiger partial charge in [0.1, 0.15) is 0 Å². The van der Waals surface area contributed by atoms with E-state index >= 15 is 0 Å². The number of nitrogens with zero attached hydrogens (tertiary/aromatic N) is 1. The quantitative estimate of drug-likeness (QED) is 0.763. The summed E-state index contributed by atoms with van der Waals surface area (Å²) in [4.78, 5) is 3.74. The van der Waals surface area contributed by atoms with Crippen molar-refractivity contribution < 1.29 is 5.11 Å². The number of hydrogen-bond donors (Lipinski definition) is 2. The molecule has 1 heterocycles. The summed E-state index contributed by atoms with van der Waals surface area (Å²) < 4.78 is 0. The van der Waals surface area contributed by atoms with Crippen molar-refractivity contribution >= 4 is 11.3 Å². The zero-order valence-electron chi connectivity index (χ0n) is 11.7. The van der Waals surface area contributed by atoms with Crippen molar-refractivity contribution in [2.45, 2.75) is 51.7 Å². The second-order valence-corrected chi connectivity index (χ2v) is 5.92. The van der Waals surface area contributed by atoms with E-state index in [2.05, 4.69) is 43.2 Å². The number of aliphatic hydroxyl groups is 1. The third-order valence-electron chi connectivity index (χ3n) is 3.31. The first-order chi connectivity index (χ1) is 8.61. The minimum Gasteiger partial charge on any atom is -0.396 e. The molecule has 1 aromatic rings. The topological polar surface area (TPSA) is 49.5 Å². The highest BCUT2D eigenvalue weighted by Crippen LogP contribution is 2.30. The molecule has 4 heteroatoms. The Morgan fingerprint density at radius 2 is 2.17 bits per heavy atom. The Hall–Kier alpha value is -0.420. The summed E-state index contributed by atoms with van der Waals surface area (Å²) >= 11 is 1.77. The van der Waals surface area contributed by atoms with Crippen molar-refractivity contribution in [1.29, 1.82) is 0 Å². The minimum atomic E-state index is 0.143. The van der Waals surface area contributed by atoms with Crippen molar-refractivity contribution in [3.05, 3.63) is 22.4 Å². The van der Waals surface area contributed by atoms with Crippen LogP contribution in [0.3, 0.4) is 0 Å². The summed E-state index contributed by atoms with van der Waals surface area (Å²) in [6, 6.07) is 5.09. The molecule has 1 aromatic heterocycles. The van der Waals surface area contributed by atoms with Crippen molar-refractivity contribution in [2.24, 2.45) is 5.73 Å². The molecule has 104 valence electrons. The fraction of sp³-hybridized carbons (Fsp3) is 0.714. The van der Waals surface area contributed by atoms with Gasteiger partial charge in [0.15, 0.2) is 0 Å². The summed E-state index contributed by atoms with van der Waals surface area (Å²) in [5.74, 6) is 0. The van der Waals surface area contributed by atoms with E-state index in [0.29, 0.717) is 6.04 Å². The molecule has 0 spiro atoms. The second-order valence-electron chi connectivity index (χ2n) is 4.94. The largest absolute Gasteiger partial charge is 0.396 e. The highest BCUT2D eigenvalue weighted by molar-refractivity contribution is 7.10. The molecule has 0 bridgehead atoms. The van der Waals surface area contributed by atoms with E-state index in [1.165, 1.54) is 4.88 Å². The lowest BCUT2D eigenvalue weighted by molar-refractivity contribution is 0.120. The molecule has 0 aliphatic rings. The van der Waals surface area contributed by atoms with Crippen LogP contribution in [0, 0.1) is 0 Å². The molecular formula is C14H26N2OS. The summed E-state index contributed by atoms with van der Waals surface area (Å²) in [6.07, 6.45) is 1.77. The maximum Gasteiger partial charge on any atom is 0.0595 e. The maximum absolute atomic E-state index is 9.05. The number of thiophene rings is 1. The molecule has 18 heavy (non-hydrogen) atoms. The maximum atomic E-state index is 9.05. The third-order valence-corrected chi connectivity index (χ3v) is 4.25. The first-order valence-electron chi connectivity index (χ1n) is 6.77. The zero-order chi connectivity index (χ0) is 13.5. The summed E-state index contributed by atoms with van der Waals surface area (Å²) in [5, 5.41) is 11.2. The van der Waals surface area contributed by atoms with E-state index in [0.717, 1.165) is 19.4 Å². The lowest BCUT2D eigenvalue weighted by atomic mass is 10.0. The summed E-state index contributed by atoms with van der Waals surface area (Å²) in [6.45, 7) is 7.66. The van der Waals surface area contributed by atoms with Gasteiger partial charge in [-0.15, -0.1) is 11.3 Å². The molecule has 2 unspecified atom stereocenters. The molecule has 0 saturated carbocycles. The van der Waals surface area contributed by atoms with Crippen molar-refractivity contribution in [1.82, 2.24) is 4.90 Å². The van der Waals surface area contributed by atoms with E-state index < -0.39 is 0 Å². The molecule has 0 aromatic carbocycles. The summed E-state index contributed by atoms with van der Waals surface area (Å²) in [7, 11) is 0. The Labute approximate surface area is 115 Å². The van der Waals surface area contributed by atoms with Gasteiger partial charge in [-0.3, -0.25) is 4.90 Å². The molecular weight excluding hydrogens is 244 g/mol. The van der Waals surface area contributed by atoms with Crippen molar-refractivity contribution in [2.75, 3.05) is 13.2 Å². The molecule has 2 atom stereocenters. The Kier molecular flexibility index (Phi) is 6.86. The van der Waals surface area contributed by atoms with Crippen LogP contribution < -0.4 is 5.73 Å². The second kappa shape index (κ2) is 7.89. The van der Waals surface area contributed by atoms with E-state index in [-0.39, 0.29) is 18.7 Å². The van der Waals surface area contributed by atoms with Gasteiger partial charge in [-0.25, -0.2) is 0 Å². The highest BCUT2D eigenvalue weighted by atomic mass is 32.1. The minimum absolute atomic E-state index is 0.143. The Balaban J connectivity index is 2.91. The van der Waals surface area contributed by atoms with Gasteiger partial charge in [0.25, 0.3) is 0 Å². The van der Waals surface area contributed by atoms with Crippen LogP contribution in [0.15, 0.2) is 17.5 Å². The molecule has 0 aliphatic carbocycles. The van der Waals surface area contributed by atoms with Gasteiger partial charge in [-0.1, -0.05) is 13.0 Å². The van der Waals surface area contributed by atoms with Gasteiger partial charge in [0, 0.05) is 30.1 Å². The van der Waals surface area contributed by atoms with Crippen LogP contribution in [-0.2, 0) is 0 Å². The number of rotatable bonds is 8. The predicted octanol–water partition coefficient (Wildman–Crippen LogP) is 2.62. The fourth-order valence-electron chi connectivity index (χ4n) is 2.27. The van der Waals surface area contributed by atoms with Crippen LogP contribution >= 0.6 is 11.3 Å². The summed E-state index contributed by atoms with van der Waals surface area (Å²) in [5.41, 5.74) is 6.32. The fourth-order valence-corrected chi connectivity index (χ4v) is 3.20. The van der Waals surface area contributed by atoms with Crippen molar-refractivity contribution in [3.8, 4) is 0 Å². The van der Waals surface area contributed by atoms with E-state index in [1.807, 2.05) is 0 Å². The van der Waals surface area contributed by atoms with Crippen LogP contribution in [0.25, 0.3) is 0 Å². The number of hydrogen-bond acceptors (Lipinski definition) is 4. The normalized spacial score (nSPS) is 15.3. The number of nitrogens with two attached hydrogens (primary N) is 1. The lowest BCUT2D eigenvalue weighted by Gasteiger charge is -2.37. The zero-order valence-corrected chi connectivity index (χ0v) is 12.5. The molecule has 0 fully saturated rings. The van der Waals surface area contributed by atoms with Crippen LogP contribution in [0.5, 0.6) is 0 Å². The van der Waals surface area contributed by atoms with E-state index in [9.17, 15) is 0 Å². The monoisotopic (exact) mass is 270 g/mol. The molecule has 0 saturated heterocycles. The van der Waals surface area contributed by atoms with Gasteiger partial charge in [0.2, 0.25) is 0 Å². The van der Waals surface area contributed by atoms with Crippen LogP contribution in [-0.4, -0.2) is 35.2 Å². The van der Waals surface area contributed by atoms with Gasteiger partial charge in [-0.2, -0.15) is 0 Å². The molecule has 3 N–H and O–H groups in total. The first-order valence-corrected chi connectivity index (χ1v) is 7.65. The highest BCUT2D eigenvalue weighted by Gasteiger charge is 2.27. The standard InChI is InChI=1S/C14H26N2OS/c1-4-12(15)14(13-7-5-10-18-13)16(11(2)3)8-6-9-17/h5,7,10-12,14,17H,4,6,8-9,15H2,1-3H3. The predicted molar refractivity (Wildman–Crippen MR) is 78.9 cm³/mol. The van der Waals surface area contributed by atoms with Gasteiger partial charge < -0.3 is 10.8 Å². The Bertz CT molecular complexity index is 314. The average Bonchev–Trinajstić information content (AvgIpc) is 2.86. The smallest absolute Gasteiger partial charge is 0.0595 e. The van der Waals surface area contributed by atoms with Gasteiger partial charge in [0.05, 0.1) is 6.04 Å². The third kappa shape index (κ3) is 4.05. The molecule has 0 radical (unpaired) electrons.